The summed E-state index contributed by atoms with van der Waals surface area (Å²) in [6, 6.07) is 0. The predicted octanol–water partition coefficient (Wildman–Crippen LogP) is 3.03. The zero-order chi connectivity index (χ0) is 12.0. The van der Waals surface area contributed by atoms with E-state index in [9.17, 15) is 9.90 Å². The molecule has 7 saturated carbocycles. The molecule has 1 N–H and O–H groups in total. The lowest BCUT2D eigenvalue weighted by Crippen LogP contribution is -2.65. The van der Waals surface area contributed by atoms with E-state index < -0.39 is 5.97 Å². The van der Waals surface area contributed by atoms with Gasteiger partial charge in [-0.3, -0.25) is 4.79 Å². The summed E-state index contributed by atoms with van der Waals surface area (Å²) >= 11 is 0. The van der Waals surface area contributed by atoms with Crippen LogP contribution in [0.2, 0.25) is 0 Å². The molecule has 0 saturated heterocycles. The molecular formula is C16H22O2. The van der Waals surface area contributed by atoms with Crippen LogP contribution in [0.3, 0.4) is 0 Å². The zero-order valence-corrected chi connectivity index (χ0v) is 10.8. The number of carboxylic acid groups (broad SMARTS) is 1. The van der Waals surface area contributed by atoms with E-state index in [-0.39, 0.29) is 0 Å². The minimum Gasteiger partial charge on any atom is -0.481 e. The van der Waals surface area contributed by atoms with Crippen molar-refractivity contribution in [1.82, 2.24) is 0 Å². The Balaban J connectivity index is 1.56. The zero-order valence-electron chi connectivity index (χ0n) is 10.8. The Labute approximate surface area is 108 Å². The normalized spacial score (nSPS) is 62.6. The van der Waals surface area contributed by atoms with Crippen LogP contribution < -0.4 is 0 Å². The lowest BCUT2D eigenvalue weighted by molar-refractivity contribution is -0.231. The van der Waals surface area contributed by atoms with E-state index in [4.69, 9.17) is 0 Å². The molecule has 7 aliphatic carbocycles. The van der Waals surface area contributed by atoms with Gasteiger partial charge in [0.1, 0.15) is 0 Å². The van der Waals surface area contributed by atoms with Crippen molar-refractivity contribution in [2.24, 2.45) is 53.3 Å². The van der Waals surface area contributed by atoms with Gasteiger partial charge in [0, 0.05) is 6.42 Å². The molecule has 0 aromatic heterocycles. The van der Waals surface area contributed by atoms with Gasteiger partial charge >= 0.3 is 5.97 Å². The molecule has 8 bridgehead atoms. The molecule has 7 fully saturated rings. The van der Waals surface area contributed by atoms with Gasteiger partial charge in [0.2, 0.25) is 0 Å². The molecule has 5 unspecified atom stereocenters. The van der Waals surface area contributed by atoms with Crippen LogP contribution in [0.25, 0.3) is 0 Å². The summed E-state index contributed by atoms with van der Waals surface area (Å²) in [6.45, 7) is 0. The molecule has 18 heavy (non-hydrogen) atoms. The van der Waals surface area contributed by atoms with Gasteiger partial charge in [0.05, 0.1) is 0 Å². The number of hydrogen-bond acceptors (Lipinski definition) is 1. The molecule has 7 rings (SSSR count). The predicted molar refractivity (Wildman–Crippen MR) is 66.7 cm³/mol. The van der Waals surface area contributed by atoms with Gasteiger partial charge in [-0.25, -0.2) is 0 Å². The SMILES string of the molecule is O=C(O)CC1C2CC3C4CC5CC3C1C(C5)C4C2. The van der Waals surface area contributed by atoms with Crippen LogP contribution in [0.4, 0.5) is 0 Å². The second-order valence-corrected chi connectivity index (χ2v) is 7.96. The Morgan fingerprint density at radius 1 is 0.889 bits per heavy atom. The standard InChI is InChI=1S/C16H22O2/c17-15(18)6-9-8-4-11-10-1-7-2-13(11)16(9)14(3-7)12(10)5-8/h7-14,16H,1-6H2,(H,17,18). The molecule has 0 aromatic rings. The van der Waals surface area contributed by atoms with E-state index in [1.165, 1.54) is 32.1 Å². The third-order valence-corrected chi connectivity index (χ3v) is 7.67. The van der Waals surface area contributed by atoms with Crippen LogP contribution in [-0.2, 0) is 4.79 Å². The lowest BCUT2D eigenvalue weighted by Gasteiger charge is -2.71. The topological polar surface area (TPSA) is 37.3 Å². The van der Waals surface area contributed by atoms with Crippen molar-refractivity contribution in [1.29, 1.82) is 0 Å². The Bertz CT molecular complexity index is 393. The van der Waals surface area contributed by atoms with Gasteiger partial charge in [-0.1, -0.05) is 0 Å². The van der Waals surface area contributed by atoms with Crippen LogP contribution in [0.5, 0.6) is 0 Å². The fourth-order valence-corrected chi connectivity index (χ4v) is 7.60. The monoisotopic (exact) mass is 246 g/mol. The van der Waals surface area contributed by atoms with Gasteiger partial charge in [-0.05, 0) is 85.4 Å². The van der Waals surface area contributed by atoms with Crippen molar-refractivity contribution in [2.75, 3.05) is 0 Å². The Morgan fingerprint density at radius 3 is 2.06 bits per heavy atom. The number of rotatable bonds is 2. The molecule has 7 aliphatic rings. The number of carboxylic acids is 1. The molecular weight excluding hydrogens is 224 g/mol. The molecule has 0 aromatic carbocycles. The summed E-state index contributed by atoms with van der Waals surface area (Å²) in [5.41, 5.74) is 0. The van der Waals surface area contributed by atoms with Crippen LogP contribution in [-0.4, -0.2) is 11.1 Å². The molecule has 0 amide bonds. The molecule has 0 spiro atoms. The Morgan fingerprint density at radius 2 is 1.44 bits per heavy atom. The van der Waals surface area contributed by atoms with Gasteiger partial charge in [0.15, 0.2) is 0 Å². The van der Waals surface area contributed by atoms with E-state index in [0.29, 0.717) is 12.3 Å². The molecule has 5 atom stereocenters. The number of aliphatic carboxylic acids is 1. The van der Waals surface area contributed by atoms with Gasteiger partial charge in [-0.2, -0.15) is 0 Å². The quantitative estimate of drug-likeness (QED) is 0.813. The van der Waals surface area contributed by atoms with Crippen molar-refractivity contribution >= 4 is 5.97 Å². The summed E-state index contributed by atoms with van der Waals surface area (Å²) < 4.78 is 0. The highest BCUT2D eigenvalue weighted by atomic mass is 16.4. The average molecular weight is 246 g/mol. The molecule has 0 heterocycles. The minimum atomic E-state index is -0.546. The largest absolute Gasteiger partial charge is 0.481 e. The van der Waals surface area contributed by atoms with Crippen molar-refractivity contribution in [3.8, 4) is 0 Å². The molecule has 2 nitrogen and oxygen atoms in total. The summed E-state index contributed by atoms with van der Waals surface area (Å²) in [4.78, 5) is 11.2. The van der Waals surface area contributed by atoms with Crippen molar-refractivity contribution in [2.45, 2.75) is 38.5 Å². The van der Waals surface area contributed by atoms with Crippen LogP contribution in [0, 0.1) is 53.3 Å². The fraction of sp³-hybridized carbons (Fsp3) is 0.938. The highest BCUT2D eigenvalue weighted by Gasteiger charge is 2.66. The van der Waals surface area contributed by atoms with Crippen LogP contribution in [0.1, 0.15) is 38.5 Å². The maximum absolute atomic E-state index is 11.2. The Hall–Kier alpha value is -0.530. The lowest BCUT2D eigenvalue weighted by atomic mass is 9.33. The minimum absolute atomic E-state index is 0.469. The van der Waals surface area contributed by atoms with Crippen LogP contribution in [0.15, 0.2) is 0 Å². The molecule has 2 heteroatoms. The van der Waals surface area contributed by atoms with E-state index in [2.05, 4.69) is 0 Å². The smallest absolute Gasteiger partial charge is 0.303 e. The van der Waals surface area contributed by atoms with Gasteiger partial charge in [-0.15, -0.1) is 0 Å². The summed E-state index contributed by atoms with van der Waals surface area (Å²) in [5, 5.41) is 9.22. The van der Waals surface area contributed by atoms with E-state index >= 15 is 0 Å². The van der Waals surface area contributed by atoms with Crippen molar-refractivity contribution < 1.29 is 9.90 Å². The van der Waals surface area contributed by atoms with Gasteiger partial charge < -0.3 is 5.11 Å². The maximum Gasteiger partial charge on any atom is 0.303 e. The van der Waals surface area contributed by atoms with E-state index in [0.717, 1.165) is 47.3 Å². The Kier molecular flexibility index (Phi) is 1.79. The summed E-state index contributed by atoms with van der Waals surface area (Å²) in [7, 11) is 0. The van der Waals surface area contributed by atoms with Crippen LogP contribution >= 0.6 is 0 Å². The fourth-order valence-electron chi connectivity index (χ4n) is 7.60. The van der Waals surface area contributed by atoms with Crippen molar-refractivity contribution in [3.05, 3.63) is 0 Å². The highest BCUT2D eigenvalue weighted by molar-refractivity contribution is 5.67. The molecule has 0 aliphatic heterocycles. The average Bonchev–Trinajstić information content (AvgIpc) is 2.35. The molecule has 98 valence electrons. The van der Waals surface area contributed by atoms with Gasteiger partial charge in [0.25, 0.3) is 0 Å². The van der Waals surface area contributed by atoms with E-state index in [1.54, 1.807) is 0 Å². The number of hydrogen-bond donors (Lipinski definition) is 1. The molecule has 0 radical (unpaired) electrons. The van der Waals surface area contributed by atoms with Crippen molar-refractivity contribution in [3.63, 3.8) is 0 Å². The maximum atomic E-state index is 11.2. The number of carbonyl (C=O) groups is 1. The third kappa shape index (κ3) is 1.05. The first-order chi connectivity index (χ1) is 8.72. The highest BCUT2D eigenvalue weighted by Crippen LogP contribution is 2.72. The first kappa shape index (κ1) is 10.3. The summed E-state index contributed by atoms with van der Waals surface area (Å²) in [5.74, 6) is 7.57. The third-order valence-electron chi connectivity index (χ3n) is 7.67. The second kappa shape index (κ2) is 3.13. The summed E-state index contributed by atoms with van der Waals surface area (Å²) in [6.07, 6.45) is 7.69. The first-order valence-electron chi connectivity index (χ1n) is 7.94. The first-order valence-corrected chi connectivity index (χ1v) is 7.94. The van der Waals surface area contributed by atoms with E-state index in [1.807, 2.05) is 0 Å². The second-order valence-electron chi connectivity index (χ2n) is 7.96.